The quantitative estimate of drug-likeness (QED) is 0.296. The molecule has 1 aliphatic rings. The Kier molecular flexibility index (Phi) is 13.3. The van der Waals surface area contributed by atoms with Gasteiger partial charge in [-0.3, -0.25) is 14.3 Å². The predicted octanol–water partition coefficient (Wildman–Crippen LogP) is 5.64. The number of aliphatic hydroxyl groups excluding tert-OH is 1. The van der Waals surface area contributed by atoms with Crippen LogP contribution in [0.25, 0.3) is 0 Å². The second kappa shape index (κ2) is 17.1. The van der Waals surface area contributed by atoms with Crippen LogP contribution in [0, 0.1) is 5.92 Å². The number of sulfonamides is 1. The molecule has 2 N–H and O–H groups in total. The zero-order valence-electron chi connectivity index (χ0n) is 28.0. The number of nitrogens with one attached hydrogen (secondary N) is 1. The third-order valence-electron chi connectivity index (χ3n) is 8.51. The maximum atomic E-state index is 14.4. The number of aliphatic hydroxyl groups is 1. The summed E-state index contributed by atoms with van der Waals surface area (Å²) < 4.78 is 41.5. The highest BCUT2D eigenvalue weighted by molar-refractivity contribution is 7.92. The molecule has 48 heavy (non-hydrogen) atoms. The van der Waals surface area contributed by atoms with E-state index in [0.717, 1.165) is 18.4 Å². The van der Waals surface area contributed by atoms with Crippen molar-refractivity contribution in [3.8, 4) is 5.75 Å². The van der Waals surface area contributed by atoms with Crippen LogP contribution in [-0.4, -0.2) is 86.7 Å². The number of ether oxygens (including phenoxy) is 2. The number of carbonyl (C=O) groups excluding carboxylic acids is 2. The van der Waals surface area contributed by atoms with E-state index in [1.54, 1.807) is 35.9 Å². The SMILES string of the molecule is C[C@H](CO)N1C[C@H](C)[C@H](CN(C)C(=O)Cc2ccccc2)OCCCC[C@H](C)Oc2ccc(NS(=O)(=O)c3ccc(Cl)cc3)cc2C1=O. The van der Waals surface area contributed by atoms with Crippen LogP contribution in [0.2, 0.25) is 5.02 Å². The average Bonchev–Trinajstić information content (AvgIpc) is 3.06. The number of halogens is 1. The number of anilines is 1. The number of amides is 2. The van der Waals surface area contributed by atoms with Crippen molar-refractivity contribution in [2.45, 2.75) is 69.6 Å². The molecule has 0 fully saturated rings. The Hall–Kier alpha value is -3.64. The summed E-state index contributed by atoms with van der Waals surface area (Å²) in [5.41, 5.74) is 1.27. The van der Waals surface area contributed by atoms with E-state index in [2.05, 4.69) is 4.72 Å². The van der Waals surface area contributed by atoms with E-state index in [9.17, 15) is 23.1 Å². The van der Waals surface area contributed by atoms with Gasteiger partial charge in [0.15, 0.2) is 0 Å². The summed E-state index contributed by atoms with van der Waals surface area (Å²) in [5, 5.41) is 10.6. The highest BCUT2D eigenvalue weighted by Crippen LogP contribution is 2.30. The molecule has 0 saturated carbocycles. The minimum absolute atomic E-state index is 0.0193. The maximum absolute atomic E-state index is 14.4. The zero-order chi connectivity index (χ0) is 34.8. The molecule has 2 amide bonds. The van der Waals surface area contributed by atoms with Crippen molar-refractivity contribution in [3.05, 3.63) is 88.9 Å². The van der Waals surface area contributed by atoms with Crippen molar-refractivity contribution in [3.63, 3.8) is 0 Å². The highest BCUT2D eigenvalue weighted by Gasteiger charge is 2.31. The van der Waals surface area contributed by atoms with Crippen LogP contribution < -0.4 is 9.46 Å². The van der Waals surface area contributed by atoms with E-state index in [1.807, 2.05) is 44.2 Å². The molecule has 1 aliphatic heterocycles. The second-order valence-corrected chi connectivity index (χ2v) is 14.6. The number of carbonyl (C=O) groups is 2. The summed E-state index contributed by atoms with van der Waals surface area (Å²) in [4.78, 5) is 30.7. The molecular formula is C36H46ClN3O7S. The molecule has 3 aromatic rings. The van der Waals surface area contributed by atoms with Crippen LogP contribution in [0.4, 0.5) is 5.69 Å². The van der Waals surface area contributed by atoms with Gasteiger partial charge in [-0.2, -0.15) is 0 Å². The molecule has 260 valence electrons. The standard InChI is InChI=1S/C36H46ClN3O7S/c1-25-22-40(26(2)24-41)36(43)32-21-30(38-48(44,45)31-16-13-29(37)14-17-31)15-18-33(32)47-27(3)10-8-9-19-46-34(25)23-39(4)35(42)20-28-11-6-5-7-12-28/h5-7,11-18,21,25-27,34,38,41H,8-10,19-20,22-24H2,1-4H3/t25-,26+,27-,34-/m0/s1. The van der Waals surface area contributed by atoms with Crippen molar-refractivity contribution in [2.24, 2.45) is 5.92 Å². The second-order valence-electron chi connectivity index (χ2n) is 12.5. The summed E-state index contributed by atoms with van der Waals surface area (Å²) in [6.07, 6.45) is 1.95. The van der Waals surface area contributed by atoms with Crippen LogP contribution in [0.1, 0.15) is 56.0 Å². The Balaban J connectivity index is 1.63. The smallest absolute Gasteiger partial charge is 0.261 e. The van der Waals surface area contributed by atoms with Crippen LogP contribution in [0.5, 0.6) is 5.75 Å². The number of fused-ring (bicyclic) bond motifs is 1. The lowest BCUT2D eigenvalue weighted by atomic mass is 10.0. The van der Waals surface area contributed by atoms with Gasteiger partial charge in [-0.1, -0.05) is 48.9 Å². The van der Waals surface area contributed by atoms with E-state index in [-0.39, 0.29) is 59.8 Å². The molecule has 12 heteroatoms. The molecule has 0 saturated heterocycles. The first-order valence-electron chi connectivity index (χ1n) is 16.3. The fourth-order valence-corrected chi connectivity index (χ4v) is 6.73. The monoisotopic (exact) mass is 699 g/mol. The lowest BCUT2D eigenvalue weighted by Crippen LogP contribution is -2.48. The first-order chi connectivity index (χ1) is 22.9. The van der Waals surface area contributed by atoms with Gasteiger partial charge in [-0.15, -0.1) is 0 Å². The Morgan fingerprint density at radius 2 is 1.79 bits per heavy atom. The van der Waals surface area contributed by atoms with Gasteiger partial charge in [0.2, 0.25) is 5.91 Å². The molecular weight excluding hydrogens is 654 g/mol. The first-order valence-corrected chi connectivity index (χ1v) is 18.1. The molecule has 0 bridgehead atoms. The summed E-state index contributed by atoms with van der Waals surface area (Å²) in [6.45, 7) is 6.36. The Labute approximate surface area is 289 Å². The molecule has 4 rings (SSSR count). The largest absolute Gasteiger partial charge is 0.490 e. The molecule has 0 radical (unpaired) electrons. The molecule has 10 nitrogen and oxygen atoms in total. The average molecular weight is 700 g/mol. The molecule has 4 atom stereocenters. The molecule has 0 aromatic heterocycles. The van der Waals surface area contributed by atoms with E-state index in [0.29, 0.717) is 30.3 Å². The molecule has 1 heterocycles. The van der Waals surface area contributed by atoms with Crippen LogP contribution in [0.3, 0.4) is 0 Å². The number of rotatable bonds is 9. The molecule has 0 aliphatic carbocycles. The maximum Gasteiger partial charge on any atom is 0.261 e. The van der Waals surface area contributed by atoms with Gasteiger partial charge < -0.3 is 24.4 Å². The van der Waals surface area contributed by atoms with Crippen LogP contribution in [-0.2, 0) is 26.0 Å². The fourth-order valence-electron chi connectivity index (χ4n) is 5.55. The Bertz CT molecular complexity index is 1620. The molecule has 3 aromatic carbocycles. The highest BCUT2D eigenvalue weighted by atomic mass is 35.5. The number of benzene rings is 3. The van der Waals surface area contributed by atoms with Gasteiger partial charge >= 0.3 is 0 Å². The number of nitrogens with zero attached hydrogens (tertiary/aromatic N) is 2. The lowest BCUT2D eigenvalue weighted by Gasteiger charge is -2.36. The fraction of sp³-hybridized carbons (Fsp3) is 0.444. The zero-order valence-corrected chi connectivity index (χ0v) is 29.5. The minimum atomic E-state index is -3.99. The van der Waals surface area contributed by atoms with E-state index in [4.69, 9.17) is 21.1 Å². The van der Waals surface area contributed by atoms with Crippen LogP contribution >= 0.6 is 11.6 Å². The number of likely N-dealkylation sites (N-methyl/N-ethyl adjacent to an activating group) is 1. The lowest BCUT2D eigenvalue weighted by molar-refractivity contribution is -0.131. The van der Waals surface area contributed by atoms with Gasteiger partial charge in [0, 0.05) is 43.4 Å². The minimum Gasteiger partial charge on any atom is -0.490 e. The van der Waals surface area contributed by atoms with Crippen molar-refractivity contribution >= 4 is 39.1 Å². The van der Waals surface area contributed by atoms with Crippen molar-refractivity contribution in [1.29, 1.82) is 0 Å². The van der Waals surface area contributed by atoms with Crippen LogP contribution in [0.15, 0.2) is 77.7 Å². The van der Waals surface area contributed by atoms with Gasteiger partial charge in [0.05, 0.1) is 41.7 Å². The summed E-state index contributed by atoms with van der Waals surface area (Å²) in [7, 11) is -2.23. The topological polar surface area (TPSA) is 125 Å². The molecule has 0 unspecified atom stereocenters. The molecule has 0 spiro atoms. The van der Waals surface area contributed by atoms with Gasteiger partial charge in [-0.05, 0) is 81.1 Å². The Morgan fingerprint density at radius 3 is 2.48 bits per heavy atom. The van der Waals surface area contributed by atoms with Gasteiger partial charge in [0.1, 0.15) is 5.75 Å². The van der Waals surface area contributed by atoms with E-state index < -0.39 is 22.0 Å². The normalized spacial score (nSPS) is 20.2. The summed E-state index contributed by atoms with van der Waals surface area (Å²) >= 11 is 5.95. The number of hydrogen-bond donors (Lipinski definition) is 2. The van der Waals surface area contributed by atoms with Crippen molar-refractivity contribution < 1.29 is 32.6 Å². The summed E-state index contributed by atoms with van der Waals surface area (Å²) in [5.74, 6) is -0.377. The van der Waals surface area contributed by atoms with E-state index >= 15 is 0 Å². The third kappa shape index (κ3) is 10.2. The summed E-state index contributed by atoms with van der Waals surface area (Å²) in [6, 6.07) is 19.4. The van der Waals surface area contributed by atoms with E-state index in [1.165, 1.54) is 30.3 Å². The van der Waals surface area contributed by atoms with Crippen molar-refractivity contribution in [1.82, 2.24) is 9.80 Å². The predicted molar refractivity (Wildman–Crippen MR) is 187 cm³/mol. The first kappa shape index (κ1) is 37.2. The van der Waals surface area contributed by atoms with Crippen molar-refractivity contribution in [2.75, 3.05) is 38.1 Å². The van der Waals surface area contributed by atoms with Gasteiger partial charge in [-0.25, -0.2) is 8.42 Å². The third-order valence-corrected chi connectivity index (χ3v) is 10.2. The Morgan fingerprint density at radius 1 is 1.08 bits per heavy atom. The number of hydrogen-bond acceptors (Lipinski definition) is 7. The van der Waals surface area contributed by atoms with Gasteiger partial charge in [0.25, 0.3) is 15.9 Å².